The Labute approximate surface area is 77.8 Å². The van der Waals surface area contributed by atoms with Crippen LogP contribution in [0.25, 0.3) is 6.08 Å². The molecule has 0 radical (unpaired) electrons. The zero-order valence-electron chi connectivity index (χ0n) is 8.26. The number of nitrogens with one attached hydrogen (secondary N) is 1. The normalized spacial score (nSPS) is 9.46. The molecule has 1 rings (SSSR count). The zero-order chi connectivity index (χ0) is 10.3. The molecule has 1 aromatic heterocycles. The number of aryl methyl sites for hydroxylation is 1. The number of H-pyrrole nitrogens is 1. The molecule has 1 heterocycles. The van der Waals surface area contributed by atoms with Gasteiger partial charge in [0, 0.05) is 0 Å². The molecule has 0 spiro atoms. The largest absolute Gasteiger partial charge is 0.416 e. The number of oxazole rings is 1. The summed E-state index contributed by atoms with van der Waals surface area (Å²) in [5.41, 5.74) is 0.690. The highest BCUT2D eigenvalue weighted by molar-refractivity contribution is 5.47. The maximum atomic E-state index is 10.6. The lowest BCUT2D eigenvalue weighted by Gasteiger charge is -1.82. The van der Waals surface area contributed by atoms with Gasteiger partial charge >= 0.3 is 5.76 Å². The van der Waals surface area contributed by atoms with Crippen molar-refractivity contribution in [3.63, 3.8) is 0 Å². The molecular formula is C10H15NO2. The van der Waals surface area contributed by atoms with Crippen LogP contribution in [0.2, 0.25) is 0 Å². The van der Waals surface area contributed by atoms with Gasteiger partial charge in [-0.15, -0.1) is 0 Å². The maximum absolute atomic E-state index is 10.6. The molecule has 1 aromatic rings. The number of aromatic nitrogens is 1. The summed E-state index contributed by atoms with van der Waals surface area (Å²) in [6, 6.07) is 0. The zero-order valence-corrected chi connectivity index (χ0v) is 8.26. The third-order valence-corrected chi connectivity index (χ3v) is 1.26. The molecule has 0 aliphatic heterocycles. The van der Waals surface area contributed by atoms with Crippen molar-refractivity contribution in [1.82, 2.24) is 4.98 Å². The molecule has 0 bridgehead atoms. The van der Waals surface area contributed by atoms with Crippen molar-refractivity contribution in [2.75, 3.05) is 0 Å². The topological polar surface area (TPSA) is 46.0 Å². The number of hydrogen-bond acceptors (Lipinski definition) is 2. The van der Waals surface area contributed by atoms with E-state index in [9.17, 15) is 4.79 Å². The average molecular weight is 181 g/mol. The Morgan fingerprint density at radius 1 is 1.46 bits per heavy atom. The maximum Gasteiger partial charge on any atom is 0.416 e. The van der Waals surface area contributed by atoms with E-state index in [0.29, 0.717) is 11.5 Å². The summed E-state index contributed by atoms with van der Waals surface area (Å²) in [7, 11) is 0. The van der Waals surface area contributed by atoms with Crippen LogP contribution in [-0.2, 0) is 0 Å². The van der Waals surface area contributed by atoms with E-state index in [1.54, 1.807) is 25.2 Å². The number of hydrogen-bond donors (Lipinski definition) is 1. The minimum atomic E-state index is -0.425. The Balaban J connectivity index is 0.000000671. The average Bonchev–Trinajstić information content (AvgIpc) is 2.45. The second kappa shape index (κ2) is 6.06. The van der Waals surface area contributed by atoms with Crippen LogP contribution in [-0.4, -0.2) is 4.98 Å². The van der Waals surface area contributed by atoms with Crippen LogP contribution in [0, 0.1) is 6.92 Å². The lowest BCUT2D eigenvalue weighted by molar-refractivity contribution is 0.488. The Kier molecular flexibility index (Phi) is 5.35. The van der Waals surface area contributed by atoms with Gasteiger partial charge in [0.25, 0.3) is 0 Å². The molecular weight excluding hydrogens is 166 g/mol. The van der Waals surface area contributed by atoms with E-state index in [4.69, 9.17) is 4.42 Å². The SMILES string of the molecule is C=C/C=C\c1[nH]c(=O)oc1C.CC. The summed E-state index contributed by atoms with van der Waals surface area (Å²) in [6.07, 6.45) is 5.09. The van der Waals surface area contributed by atoms with Crippen LogP contribution in [0.4, 0.5) is 0 Å². The summed E-state index contributed by atoms with van der Waals surface area (Å²) in [4.78, 5) is 13.1. The lowest BCUT2D eigenvalue weighted by atomic mass is 10.3. The molecule has 3 heteroatoms. The quantitative estimate of drug-likeness (QED) is 0.712. The van der Waals surface area contributed by atoms with Gasteiger partial charge in [-0.3, -0.25) is 4.98 Å². The summed E-state index contributed by atoms with van der Waals surface area (Å²) in [5, 5.41) is 0. The van der Waals surface area contributed by atoms with E-state index in [0.717, 1.165) is 0 Å². The van der Waals surface area contributed by atoms with Gasteiger partial charge in [0.05, 0.1) is 5.69 Å². The van der Waals surface area contributed by atoms with Crippen LogP contribution < -0.4 is 5.76 Å². The molecule has 0 amide bonds. The van der Waals surface area contributed by atoms with Crippen molar-refractivity contribution in [3.05, 3.63) is 40.7 Å². The van der Waals surface area contributed by atoms with Gasteiger partial charge < -0.3 is 4.42 Å². The molecule has 0 fully saturated rings. The Morgan fingerprint density at radius 2 is 2.08 bits per heavy atom. The Hall–Kier alpha value is -1.51. The number of allylic oxidation sites excluding steroid dienone is 2. The molecule has 0 saturated carbocycles. The number of aromatic amines is 1. The van der Waals surface area contributed by atoms with Crippen molar-refractivity contribution >= 4 is 6.08 Å². The van der Waals surface area contributed by atoms with Crippen molar-refractivity contribution in [1.29, 1.82) is 0 Å². The fourth-order valence-corrected chi connectivity index (χ4v) is 0.741. The molecule has 0 atom stereocenters. The standard InChI is InChI=1S/C8H9NO2.C2H6/c1-3-4-5-7-6(2)11-8(10)9-7;1-2/h3-5H,1H2,2H3,(H,9,10);1-2H3/b5-4-;. The van der Waals surface area contributed by atoms with E-state index in [2.05, 4.69) is 11.6 Å². The highest BCUT2D eigenvalue weighted by atomic mass is 16.4. The molecule has 0 aliphatic carbocycles. The number of rotatable bonds is 2. The van der Waals surface area contributed by atoms with Crippen LogP contribution in [0.5, 0.6) is 0 Å². The molecule has 3 nitrogen and oxygen atoms in total. The molecule has 72 valence electrons. The smallest absolute Gasteiger partial charge is 0.413 e. The van der Waals surface area contributed by atoms with E-state index in [1.165, 1.54) is 0 Å². The first-order chi connectivity index (χ1) is 6.24. The molecule has 0 saturated heterocycles. The molecule has 13 heavy (non-hydrogen) atoms. The van der Waals surface area contributed by atoms with Crippen LogP contribution in [0.15, 0.2) is 27.9 Å². The van der Waals surface area contributed by atoms with Crippen LogP contribution in [0.3, 0.4) is 0 Å². The van der Waals surface area contributed by atoms with Gasteiger partial charge in [-0.25, -0.2) is 4.79 Å². The molecule has 0 aliphatic rings. The first kappa shape index (κ1) is 11.5. The Bertz CT molecular complexity index is 331. The summed E-state index contributed by atoms with van der Waals surface area (Å²) in [5.74, 6) is 0.166. The fraction of sp³-hybridized carbons (Fsp3) is 0.300. The van der Waals surface area contributed by atoms with Crippen molar-refractivity contribution in [2.45, 2.75) is 20.8 Å². The van der Waals surface area contributed by atoms with Crippen molar-refractivity contribution in [3.8, 4) is 0 Å². The van der Waals surface area contributed by atoms with Crippen molar-refractivity contribution in [2.24, 2.45) is 0 Å². The highest BCUT2D eigenvalue weighted by Gasteiger charge is 1.98. The van der Waals surface area contributed by atoms with E-state index >= 15 is 0 Å². The van der Waals surface area contributed by atoms with Gasteiger partial charge in [-0.05, 0) is 13.0 Å². The molecule has 0 unspecified atom stereocenters. The van der Waals surface area contributed by atoms with Gasteiger partial charge in [0.15, 0.2) is 0 Å². The lowest BCUT2D eigenvalue weighted by Crippen LogP contribution is -1.94. The van der Waals surface area contributed by atoms with Gasteiger partial charge in [-0.1, -0.05) is 32.6 Å². The second-order valence-corrected chi connectivity index (χ2v) is 2.08. The monoisotopic (exact) mass is 181 g/mol. The van der Waals surface area contributed by atoms with E-state index < -0.39 is 5.76 Å². The van der Waals surface area contributed by atoms with E-state index in [-0.39, 0.29) is 0 Å². The van der Waals surface area contributed by atoms with Gasteiger partial charge in [-0.2, -0.15) is 0 Å². The Morgan fingerprint density at radius 3 is 2.46 bits per heavy atom. The van der Waals surface area contributed by atoms with Crippen molar-refractivity contribution < 1.29 is 4.42 Å². The second-order valence-electron chi connectivity index (χ2n) is 2.08. The molecule has 1 N–H and O–H groups in total. The summed E-state index contributed by atoms with van der Waals surface area (Å²) < 4.78 is 4.71. The minimum absolute atomic E-state index is 0.425. The third-order valence-electron chi connectivity index (χ3n) is 1.26. The predicted molar refractivity (Wildman–Crippen MR) is 54.6 cm³/mol. The van der Waals surface area contributed by atoms with Crippen LogP contribution in [0.1, 0.15) is 25.3 Å². The van der Waals surface area contributed by atoms with Crippen LogP contribution >= 0.6 is 0 Å². The van der Waals surface area contributed by atoms with E-state index in [1.807, 2.05) is 13.8 Å². The predicted octanol–water partition coefficient (Wildman–Crippen LogP) is 2.50. The first-order valence-electron chi connectivity index (χ1n) is 4.23. The third kappa shape index (κ3) is 3.60. The minimum Gasteiger partial charge on any atom is -0.413 e. The fourth-order valence-electron chi connectivity index (χ4n) is 0.741. The van der Waals surface area contributed by atoms with Gasteiger partial charge in [0.1, 0.15) is 5.76 Å². The summed E-state index contributed by atoms with van der Waals surface area (Å²) >= 11 is 0. The van der Waals surface area contributed by atoms with Gasteiger partial charge in [0.2, 0.25) is 0 Å². The first-order valence-corrected chi connectivity index (χ1v) is 4.23. The molecule has 0 aromatic carbocycles. The summed E-state index contributed by atoms with van der Waals surface area (Å²) in [6.45, 7) is 9.23. The highest BCUT2D eigenvalue weighted by Crippen LogP contribution is 2.02.